The van der Waals surface area contributed by atoms with Crippen molar-refractivity contribution in [2.75, 3.05) is 44.0 Å². The van der Waals surface area contributed by atoms with Crippen LogP contribution >= 0.6 is 0 Å². The highest BCUT2D eigenvalue weighted by molar-refractivity contribution is 5.98. The Morgan fingerprint density at radius 2 is 1.85 bits per heavy atom. The van der Waals surface area contributed by atoms with E-state index in [1.54, 1.807) is 27.1 Å². The molecule has 1 amide bonds. The summed E-state index contributed by atoms with van der Waals surface area (Å²) in [4.78, 5) is 29.2. The maximum Gasteiger partial charge on any atom is 0.253 e. The third kappa shape index (κ3) is 4.89. The van der Waals surface area contributed by atoms with Gasteiger partial charge < -0.3 is 24.3 Å². The minimum absolute atomic E-state index is 0.0160. The normalized spacial score (nSPS) is 17.0. The molecule has 9 heteroatoms. The van der Waals surface area contributed by atoms with Gasteiger partial charge in [-0.05, 0) is 38.1 Å². The van der Waals surface area contributed by atoms with Crippen molar-refractivity contribution in [3.05, 3.63) is 69.4 Å². The summed E-state index contributed by atoms with van der Waals surface area (Å²) in [5.74, 6) is -1.31. The summed E-state index contributed by atoms with van der Waals surface area (Å²) in [5, 5.41) is 3.31. The van der Waals surface area contributed by atoms with Crippen LogP contribution in [0.15, 0.2) is 45.6 Å². The molecule has 1 aliphatic rings. The van der Waals surface area contributed by atoms with Crippen molar-refractivity contribution in [3.8, 4) is 0 Å². The van der Waals surface area contributed by atoms with Crippen LogP contribution in [-0.4, -0.2) is 50.7 Å². The molecule has 0 aliphatic carbocycles. The van der Waals surface area contributed by atoms with Crippen LogP contribution in [0.3, 0.4) is 0 Å². The van der Waals surface area contributed by atoms with Gasteiger partial charge in [-0.3, -0.25) is 9.59 Å². The number of nitrogens with zero attached hydrogens (tertiary/aromatic N) is 2. The number of morpholine rings is 1. The van der Waals surface area contributed by atoms with E-state index >= 15 is 0 Å². The molecule has 1 aromatic heterocycles. The van der Waals surface area contributed by atoms with Crippen LogP contribution in [-0.2, 0) is 4.74 Å². The molecule has 34 heavy (non-hydrogen) atoms. The number of carbonyl (C=O) groups excluding carboxylic acids is 1. The smallest absolute Gasteiger partial charge is 0.253 e. The van der Waals surface area contributed by atoms with Crippen molar-refractivity contribution >= 4 is 28.4 Å². The minimum Gasteiger partial charge on any atom is -0.440 e. The first-order chi connectivity index (χ1) is 16.1. The van der Waals surface area contributed by atoms with Gasteiger partial charge in [0, 0.05) is 56.1 Å². The molecule has 2 aromatic carbocycles. The lowest BCUT2D eigenvalue weighted by molar-refractivity contribution is 0.0517. The zero-order chi connectivity index (χ0) is 24.6. The Morgan fingerprint density at radius 1 is 1.15 bits per heavy atom. The average molecular weight is 472 g/mol. The quantitative estimate of drug-likeness (QED) is 0.602. The Balaban J connectivity index is 1.85. The average Bonchev–Trinajstić information content (AvgIpc) is 2.77. The Hall–Kier alpha value is -3.46. The van der Waals surface area contributed by atoms with E-state index in [4.69, 9.17) is 9.15 Å². The molecule has 0 spiro atoms. The van der Waals surface area contributed by atoms with E-state index in [-0.39, 0.29) is 28.5 Å². The largest absolute Gasteiger partial charge is 0.440 e. The fourth-order valence-corrected chi connectivity index (χ4v) is 4.11. The molecule has 1 fully saturated rings. The van der Waals surface area contributed by atoms with Crippen molar-refractivity contribution in [1.82, 2.24) is 4.90 Å². The van der Waals surface area contributed by atoms with Gasteiger partial charge in [-0.2, -0.15) is 0 Å². The van der Waals surface area contributed by atoms with Crippen molar-refractivity contribution in [3.63, 3.8) is 0 Å². The second-order valence-electron chi connectivity index (χ2n) is 8.74. The molecule has 0 bridgehead atoms. The van der Waals surface area contributed by atoms with E-state index in [1.807, 2.05) is 11.8 Å². The van der Waals surface area contributed by atoms with E-state index in [0.717, 1.165) is 6.07 Å². The Labute approximate surface area is 195 Å². The van der Waals surface area contributed by atoms with Gasteiger partial charge in [-0.1, -0.05) is 0 Å². The summed E-state index contributed by atoms with van der Waals surface area (Å²) in [6, 6.07) is 7.19. The number of halogens is 2. The first kappa shape index (κ1) is 23.7. The highest BCUT2D eigenvalue weighted by atomic mass is 19.1. The molecule has 4 rings (SSSR count). The van der Waals surface area contributed by atoms with E-state index in [0.29, 0.717) is 42.3 Å². The molecule has 3 aromatic rings. The van der Waals surface area contributed by atoms with Crippen LogP contribution in [0.25, 0.3) is 11.0 Å². The van der Waals surface area contributed by atoms with Crippen molar-refractivity contribution in [2.45, 2.75) is 26.0 Å². The number of benzene rings is 2. The molecule has 0 saturated carbocycles. The van der Waals surface area contributed by atoms with Crippen LogP contribution in [0.2, 0.25) is 0 Å². The van der Waals surface area contributed by atoms with E-state index in [1.165, 1.54) is 29.2 Å². The Kier molecular flexibility index (Phi) is 6.56. The number of hydrogen-bond acceptors (Lipinski definition) is 6. The summed E-state index contributed by atoms with van der Waals surface area (Å²) < 4.78 is 39.3. The fraction of sp³-hybridized carbons (Fsp3) is 0.360. The standard InChI is InChI=1S/C25H27F2N3O4/c1-14-13-30(5-6-33-14)23-12-22(31)21-8-16(25(32)29(3)4)7-20(24(21)34-23)15(2)28-19-10-17(26)9-18(27)11-19/h7-12,14-15,28H,5-6,13H2,1-4H3. The highest BCUT2D eigenvalue weighted by Gasteiger charge is 2.23. The van der Waals surface area contributed by atoms with E-state index < -0.39 is 17.7 Å². The highest BCUT2D eigenvalue weighted by Crippen LogP contribution is 2.31. The van der Waals surface area contributed by atoms with Gasteiger partial charge in [-0.15, -0.1) is 0 Å². The van der Waals surface area contributed by atoms with Gasteiger partial charge in [0.25, 0.3) is 5.91 Å². The number of rotatable bonds is 5. The SMILES string of the molecule is CC1CN(c2cc(=O)c3cc(C(=O)N(C)C)cc(C(C)Nc4cc(F)cc(F)c4)c3o2)CCO1. The molecular weight excluding hydrogens is 444 g/mol. The maximum absolute atomic E-state index is 13.7. The van der Waals surface area contributed by atoms with Crippen molar-refractivity contribution < 1.29 is 22.7 Å². The van der Waals surface area contributed by atoms with Gasteiger partial charge in [0.2, 0.25) is 0 Å². The molecular formula is C25H27F2N3O4. The molecule has 1 N–H and O–H groups in total. The van der Waals surface area contributed by atoms with Gasteiger partial charge in [-0.25, -0.2) is 8.78 Å². The number of ether oxygens (including phenoxy) is 1. The molecule has 1 aliphatic heterocycles. The number of anilines is 2. The molecule has 2 atom stereocenters. The van der Waals surface area contributed by atoms with Gasteiger partial charge >= 0.3 is 0 Å². The first-order valence-electron chi connectivity index (χ1n) is 11.0. The summed E-state index contributed by atoms with van der Waals surface area (Å²) in [6.07, 6.45) is -0.0160. The number of nitrogens with one attached hydrogen (secondary N) is 1. The summed E-state index contributed by atoms with van der Waals surface area (Å²) >= 11 is 0. The molecule has 180 valence electrons. The van der Waals surface area contributed by atoms with Crippen LogP contribution in [0.5, 0.6) is 0 Å². The molecule has 7 nitrogen and oxygen atoms in total. The lowest BCUT2D eigenvalue weighted by Crippen LogP contribution is -2.41. The monoisotopic (exact) mass is 471 g/mol. The van der Waals surface area contributed by atoms with Gasteiger partial charge in [0.15, 0.2) is 11.3 Å². The third-order valence-electron chi connectivity index (χ3n) is 5.76. The lowest BCUT2D eigenvalue weighted by Gasteiger charge is -2.31. The maximum atomic E-state index is 13.7. The van der Waals surface area contributed by atoms with Crippen molar-refractivity contribution in [2.24, 2.45) is 0 Å². The first-order valence-corrected chi connectivity index (χ1v) is 11.0. The Bertz CT molecular complexity index is 1270. The van der Waals surface area contributed by atoms with Crippen molar-refractivity contribution in [1.29, 1.82) is 0 Å². The second-order valence-corrected chi connectivity index (χ2v) is 8.74. The number of fused-ring (bicyclic) bond motifs is 1. The molecule has 2 heterocycles. The van der Waals surface area contributed by atoms with Gasteiger partial charge in [0.1, 0.15) is 17.2 Å². The zero-order valence-corrected chi connectivity index (χ0v) is 19.5. The number of hydrogen-bond donors (Lipinski definition) is 1. The minimum atomic E-state index is -0.716. The van der Waals surface area contributed by atoms with Crippen LogP contribution in [0.1, 0.15) is 35.8 Å². The molecule has 1 saturated heterocycles. The van der Waals surface area contributed by atoms with Gasteiger partial charge in [0.05, 0.1) is 24.1 Å². The van der Waals surface area contributed by atoms with E-state index in [9.17, 15) is 18.4 Å². The van der Waals surface area contributed by atoms with Crippen LogP contribution in [0.4, 0.5) is 20.4 Å². The topological polar surface area (TPSA) is 75.0 Å². The lowest BCUT2D eigenvalue weighted by atomic mass is 9.99. The fourth-order valence-electron chi connectivity index (χ4n) is 4.11. The third-order valence-corrected chi connectivity index (χ3v) is 5.76. The predicted molar refractivity (Wildman–Crippen MR) is 127 cm³/mol. The summed E-state index contributed by atoms with van der Waals surface area (Å²) in [6.45, 7) is 5.36. The molecule has 0 radical (unpaired) electrons. The number of carbonyl (C=O) groups is 1. The molecule has 2 unspecified atom stereocenters. The van der Waals surface area contributed by atoms with Crippen LogP contribution < -0.4 is 15.6 Å². The summed E-state index contributed by atoms with van der Waals surface area (Å²) in [7, 11) is 3.24. The summed E-state index contributed by atoms with van der Waals surface area (Å²) in [5.41, 5.74) is 1.09. The second kappa shape index (κ2) is 9.42. The Morgan fingerprint density at radius 3 is 2.50 bits per heavy atom. The number of amides is 1. The predicted octanol–water partition coefficient (Wildman–Crippen LogP) is 4.17. The van der Waals surface area contributed by atoms with E-state index in [2.05, 4.69) is 5.32 Å². The zero-order valence-electron chi connectivity index (χ0n) is 19.5. The van der Waals surface area contributed by atoms with Crippen LogP contribution in [0, 0.1) is 11.6 Å².